The molecule has 0 saturated heterocycles. The predicted octanol–water partition coefficient (Wildman–Crippen LogP) is 1.69. The summed E-state index contributed by atoms with van der Waals surface area (Å²) in [5.41, 5.74) is 0. The van der Waals surface area contributed by atoms with Crippen LogP contribution < -0.4 is 0 Å². The fourth-order valence-electron chi connectivity index (χ4n) is 0.118. The smallest absolute Gasteiger partial charge is 0.0159 e. The van der Waals surface area contributed by atoms with E-state index in [0.717, 1.165) is 0 Å². The van der Waals surface area contributed by atoms with Gasteiger partial charge in [-0.2, -0.15) is 0 Å². The van der Waals surface area contributed by atoms with E-state index in [1.54, 1.807) is 11.8 Å². The van der Waals surface area contributed by atoms with Crippen molar-refractivity contribution in [2.75, 3.05) is 6.26 Å². The molecule has 0 bridgehead atoms. The van der Waals surface area contributed by atoms with E-state index in [0.29, 0.717) is 0 Å². The molecule has 29 valence electrons. The summed E-state index contributed by atoms with van der Waals surface area (Å²) >= 11 is 1.60. The average Bonchev–Trinajstić information content (AvgIpc) is 1.41. The summed E-state index contributed by atoms with van der Waals surface area (Å²) in [5, 5.41) is 2.90. The molecule has 0 nitrogen and oxygen atoms in total. The monoisotopic (exact) mass is 87.0 g/mol. The summed E-state index contributed by atoms with van der Waals surface area (Å²) in [6.45, 7) is 1.95. The summed E-state index contributed by atoms with van der Waals surface area (Å²) < 4.78 is 0. The van der Waals surface area contributed by atoms with E-state index in [1.807, 2.05) is 19.3 Å². The van der Waals surface area contributed by atoms with Crippen LogP contribution in [0.1, 0.15) is 6.92 Å². The van der Waals surface area contributed by atoms with Crippen molar-refractivity contribution in [1.82, 2.24) is 0 Å². The van der Waals surface area contributed by atoms with Crippen molar-refractivity contribution in [3.05, 3.63) is 11.5 Å². The van der Waals surface area contributed by atoms with Crippen molar-refractivity contribution in [1.29, 1.82) is 0 Å². The normalized spacial score (nSPS) is 10.0. The minimum atomic E-state index is 1.60. The van der Waals surface area contributed by atoms with Gasteiger partial charge in [-0.3, -0.25) is 0 Å². The van der Waals surface area contributed by atoms with Crippen molar-refractivity contribution in [3.8, 4) is 0 Å². The van der Waals surface area contributed by atoms with Gasteiger partial charge in [0.15, 0.2) is 0 Å². The van der Waals surface area contributed by atoms with Gasteiger partial charge in [0.1, 0.15) is 0 Å². The molecule has 0 aliphatic heterocycles. The molecule has 1 radical (unpaired) electrons. The minimum Gasteiger partial charge on any atom is -0.129 e. The second kappa shape index (κ2) is 4.09. The number of thioether (sulfide) groups is 1. The molecule has 0 spiro atoms. The van der Waals surface area contributed by atoms with Gasteiger partial charge in [0, 0.05) is 5.41 Å². The van der Waals surface area contributed by atoms with Gasteiger partial charge >= 0.3 is 0 Å². The first kappa shape index (κ1) is 5.09. The van der Waals surface area contributed by atoms with Crippen LogP contribution in [0.15, 0.2) is 6.08 Å². The number of hydrogen-bond donors (Lipinski definition) is 0. The molecule has 0 aromatic heterocycles. The zero-order valence-electron chi connectivity index (χ0n) is 3.49. The van der Waals surface area contributed by atoms with Gasteiger partial charge in [-0.15, -0.1) is 11.8 Å². The zero-order chi connectivity index (χ0) is 4.12. The first-order valence-electron chi connectivity index (χ1n) is 1.48. The highest BCUT2D eigenvalue weighted by atomic mass is 32.2. The van der Waals surface area contributed by atoms with Crippen molar-refractivity contribution >= 4 is 11.8 Å². The quantitative estimate of drug-likeness (QED) is 0.469. The summed E-state index contributed by atoms with van der Waals surface area (Å²) in [4.78, 5) is 0. The third kappa shape index (κ3) is 4.09. The maximum atomic E-state index is 2.90. The molecule has 0 N–H and O–H groups in total. The van der Waals surface area contributed by atoms with E-state index in [-0.39, 0.29) is 0 Å². The van der Waals surface area contributed by atoms with Gasteiger partial charge < -0.3 is 0 Å². The van der Waals surface area contributed by atoms with Crippen LogP contribution in [0.3, 0.4) is 0 Å². The van der Waals surface area contributed by atoms with Crippen LogP contribution in [-0.2, 0) is 0 Å². The molecule has 0 unspecified atom stereocenters. The van der Waals surface area contributed by atoms with Crippen LogP contribution >= 0.6 is 11.8 Å². The molecular weight excluding hydrogens is 80.1 g/mol. The third-order valence-corrected chi connectivity index (χ3v) is 0.707. The van der Waals surface area contributed by atoms with Crippen molar-refractivity contribution in [2.45, 2.75) is 6.92 Å². The Morgan fingerprint density at radius 2 is 2.40 bits per heavy atom. The molecule has 0 aromatic rings. The van der Waals surface area contributed by atoms with Crippen LogP contribution in [0, 0.1) is 5.41 Å². The van der Waals surface area contributed by atoms with E-state index < -0.39 is 0 Å². The van der Waals surface area contributed by atoms with Gasteiger partial charge in [0.2, 0.25) is 0 Å². The topological polar surface area (TPSA) is 0 Å². The second-order valence-electron chi connectivity index (χ2n) is 0.611. The second-order valence-corrected chi connectivity index (χ2v) is 1.25. The fraction of sp³-hybridized carbons (Fsp3) is 0.500. The zero-order valence-corrected chi connectivity index (χ0v) is 4.30. The van der Waals surface area contributed by atoms with E-state index >= 15 is 0 Å². The molecular formula is C4H7S. The van der Waals surface area contributed by atoms with Crippen molar-refractivity contribution < 1.29 is 0 Å². The van der Waals surface area contributed by atoms with Crippen LogP contribution in [0.2, 0.25) is 0 Å². The Balaban J connectivity index is 2.62. The minimum absolute atomic E-state index is 1.60. The standard InChI is InChI=1S/C4H7S/c1-3-4-5-2/h3H,1-2H3. The molecule has 0 heterocycles. The third-order valence-electron chi connectivity index (χ3n) is 0.236. The molecule has 0 aromatic carbocycles. The number of rotatable bonds is 1. The molecule has 0 atom stereocenters. The van der Waals surface area contributed by atoms with Gasteiger partial charge in [-0.25, -0.2) is 0 Å². The van der Waals surface area contributed by atoms with E-state index in [1.165, 1.54) is 0 Å². The van der Waals surface area contributed by atoms with Crippen molar-refractivity contribution in [3.63, 3.8) is 0 Å². The molecule has 5 heavy (non-hydrogen) atoms. The highest BCUT2D eigenvalue weighted by Crippen LogP contribution is 1.87. The van der Waals surface area contributed by atoms with Gasteiger partial charge in [-0.1, -0.05) is 6.08 Å². The average molecular weight is 87.2 g/mol. The maximum absolute atomic E-state index is 2.90. The van der Waals surface area contributed by atoms with Gasteiger partial charge in [0.25, 0.3) is 0 Å². The van der Waals surface area contributed by atoms with Crippen LogP contribution in [0.25, 0.3) is 0 Å². The largest absolute Gasteiger partial charge is 0.129 e. The first-order valence-corrected chi connectivity index (χ1v) is 2.70. The Morgan fingerprint density at radius 3 is 2.40 bits per heavy atom. The fourth-order valence-corrected chi connectivity index (χ4v) is 0.354. The number of hydrogen-bond acceptors (Lipinski definition) is 1. The lowest BCUT2D eigenvalue weighted by Crippen LogP contribution is -1.37. The van der Waals surface area contributed by atoms with Crippen LogP contribution in [0.4, 0.5) is 0 Å². The lowest BCUT2D eigenvalue weighted by atomic mass is 10.8. The summed E-state index contributed by atoms with van der Waals surface area (Å²) in [6.07, 6.45) is 3.88. The van der Waals surface area contributed by atoms with E-state index in [2.05, 4.69) is 5.41 Å². The van der Waals surface area contributed by atoms with Crippen LogP contribution in [-0.4, -0.2) is 6.26 Å². The molecule has 0 rings (SSSR count). The molecule has 0 saturated carbocycles. The van der Waals surface area contributed by atoms with E-state index in [4.69, 9.17) is 0 Å². The van der Waals surface area contributed by atoms with Gasteiger partial charge in [0.05, 0.1) is 0 Å². The Morgan fingerprint density at radius 1 is 1.80 bits per heavy atom. The first-order chi connectivity index (χ1) is 2.41. The lowest BCUT2D eigenvalue weighted by molar-refractivity contribution is 1.77. The Hall–Kier alpha value is 0.0900. The molecule has 0 aliphatic carbocycles. The molecule has 0 amide bonds. The highest BCUT2D eigenvalue weighted by Gasteiger charge is 1.53. The summed E-state index contributed by atoms with van der Waals surface area (Å²) in [6, 6.07) is 0. The Labute approximate surface area is 37.3 Å². The SMILES string of the molecule is C/C=[C]/SC. The molecule has 0 fully saturated rings. The lowest BCUT2D eigenvalue weighted by Gasteiger charge is -1.64. The molecule has 0 aliphatic rings. The number of allylic oxidation sites excluding steroid dienone is 1. The Kier molecular flexibility index (Phi) is 4.16. The van der Waals surface area contributed by atoms with Crippen molar-refractivity contribution in [2.24, 2.45) is 0 Å². The Bertz CT molecular complexity index is 30.6. The van der Waals surface area contributed by atoms with Crippen LogP contribution in [0.5, 0.6) is 0 Å². The highest BCUT2D eigenvalue weighted by molar-refractivity contribution is 8.00. The van der Waals surface area contributed by atoms with Gasteiger partial charge in [-0.05, 0) is 13.2 Å². The molecule has 1 heteroatoms. The maximum Gasteiger partial charge on any atom is 0.0159 e. The van der Waals surface area contributed by atoms with E-state index in [9.17, 15) is 0 Å². The summed E-state index contributed by atoms with van der Waals surface area (Å²) in [5.74, 6) is 0. The summed E-state index contributed by atoms with van der Waals surface area (Å²) in [7, 11) is 0. The predicted molar refractivity (Wildman–Crippen MR) is 27.0 cm³/mol.